The number of methoxy groups -OCH3 is 1. The fraction of sp³-hybridized carbons (Fsp3) is 0.286. The van der Waals surface area contributed by atoms with Crippen LogP contribution < -0.4 is 4.90 Å². The molecule has 2 aromatic rings. The molecule has 1 aromatic heterocycles. The van der Waals surface area contributed by atoms with E-state index < -0.39 is 0 Å². The van der Waals surface area contributed by atoms with E-state index in [0.717, 1.165) is 5.69 Å². The van der Waals surface area contributed by atoms with Crippen molar-refractivity contribution in [3.63, 3.8) is 0 Å². The molecule has 0 amide bonds. The van der Waals surface area contributed by atoms with Crippen LogP contribution in [0.5, 0.6) is 0 Å². The van der Waals surface area contributed by atoms with Gasteiger partial charge in [-0.3, -0.25) is 4.68 Å². The van der Waals surface area contributed by atoms with Crippen molar-refractivity contribution in [2.45, 2.75) is 6.54 Å². The summed E-state index contributed by atoms with van der Waals surface area (Å²) in [6.45, 7) is 0.551. The maximum absolute atomic E-state index is 11.7. The monoisotopic (exact) mass is 259 g/mol. The summed E-state index contributed by atoms with van der Waals surface area (Å²) in [5.74, 6) is -0.357. The van der Waals surface area contributed by atoms with Crippen LogP contribution in [0.25, 0.3) is 0 Å². The van der Waals surface area contributed by atoms with Gasteiger partial charge in [0.05, 0.1) is 19.3 Å². The normalized spacial score (nSPS) is 10.3. The molecule has 0 unspecified atom stereocenters. The van der Waals surface area contributed by atoms with Crippen LogP contribution in [-0.2, 0) is 18.3 Å². The lowest BCUT2D eigenvalue weighted by molar-refractivity contribution is 0.0599. The number of carbonyl (C=O) groups is 1. The molecule has 5 nitrogen and oxygen atoms in total. The molecule has 0 saturated carbocycles. The van der Waals surface area contributed by atoms with E-state index >= 15 is 0 Å². The van der Waals surface area contributed by atoms with Gasteiger partial charge in [-0.05, 0) is 12.1 Å². The van der Waals surface area contributed by atoms with Gasteiger partial charge >= 0.3 is 5.97 Å². The highest BCUT2D eigenvalue weighted by molar-refractivity contribution is 5.90. The van der Waals surface area contributed by atoms with E-state index in [4.69, 9.17) is 4.74 Å². The second-order valence-corrected chi connectivity index (χ2v) is 4.35. The summed E-state index contributed by atoms with van der Waals surface area (Å²) in [7, 11) is 5.13. The summed E-state index contributed by atoms with van der Waals surface area (Å²) in [4.78, 5) is 13.7. The smallest absolute Gasteiger partial charge is 0.341 e. The number of nitrogens with zero attached hydrogens (tertiary/aromatic N) is 3. The fourth-order valence-corrected chi connectivity index (χ4v) is 1.93. The number of ether oxygens (including phenoxy) is 1. The van der Waals surface area contributed by atoms with Crippen molar-refractivity contribution in [1.82, 2.24) is 9.78 Å². The molecule has 0 bridgehead atoms. The molecule has 0 spiro atoms. The van der Waals surface area contributed by atoms with Gasteiger partial charge < -0.3 is 9.64 Å². The van der Waals surface area contributed by atoms with E-state index in [2.05, 4.69) is 5.10 Å². The lowest BCUT2D eigenvalue weighted by atomic mass is 10.2. The third-order valence-electron chi connectivity index (χ3n) is 2.89. The molecule has 0 N–H and O–H groups in total. The van der Waals surface area contributed by atoms with Gasteiger partial charge in [-0.1, -0.05) is 18.2 Å². The highest BCUT2D eigenvalue weighted by Crippen LogP contribution is 2.16. The number of hydrogen-bond donors (Lipinski definition) is 0. The van der Waals surface area contributed by atoms with Crippen molar-refractivity contribution in [3.05, 3.63) is 47.8 Å². The SMILES string of the molecule is COC(=O)c1cn(C)nc1CN(C)c1ccccc1. The zero-order valence-electron chi connectivity index (χ0n) is 11.3. The number of anilines is 1. The molecule has 5 heteroatoms. The zero-order valence-corrected chi connectivity index (χ0v) is 11.3. The Labute approximate surface area is 112 Å². The van der Waals surface area contributed by atoms with Gasteiger partial charge in [0, 0.05) is 26.0 Å². The van der Waals surface area contributed by atoms with Gasteiger partial charge in [0.2, 0.25) is 0 Å². The molecule has 0 radical (unpaired) electrons. The number of carbonyl (C=O) groups excluding carboxylic acids is 1. The van der Waals surface area contributed by atoms with Crippen LogP contribution in [0.2, 0.25) is 0 Å². The number of benzene rings is 1. The summed E-state index contributed by atoms with van der Waals surface area (Å²) in [6.07, 6.45) is 1.68. The zero-order chi connectivity index (χ0) is 13.8. The predicted molar refractivity (Wildman–Crippen MR) is 73.1 cm³/mol. The third-order valence-corrected chi connectivity index (χ3v) is 2.89. The summed E-state index contributed by atoms with van der Waals surface area (Å²) >= 11 is 0. The average molecular weight is 259 g/mol. The third kappa shape index (κ3) is 2.93. The van der Waals surface area contributed by atoms with Crippen molar-refractivity contribution in [2.24, 2.45) is 7.05 Å². The van der Waals surface area contributed by atoms with E-state index in [1.165, 1.54) is 7.11 Å². The second kappa shape index (κ2) is 5.56. The molecular formula is C14H17N3O2. The molecule has 1 heterocycles. The Morgan fingerprint density at radius 2 is 2.05 bits per heavy atom. The van der Waals surface area contributed by atoms with E-state index in [0.29, 0.717) is 17.8 Å². The second-order valence-electron chi connectivity index (χ2n) is 4.35. The highest BCUT2D eigenvalue weighted by atomic mass is 16.5. The van der Waals surface area contributed by atoms with Gasteiger partial charge in [-0.15, -0.1) is 0 Å². The first-order valence-electron chi connectivity index (χ1n) is 5.99. The van der Waals surface area contributed by atoms with Crippen molar-refractivity contribution < 1.29 is 9.53 Å². The quantitative estimate of drug-likeness (QED) is 0.786. The highest BCUT2D eigenvalue weighted by Gasteiger charge is 2.17. The fourth-order valence-electron chi connectivity index (χ4n) is 1.93. The molecule has 0 saturated heterocycles. The molecule has 0 aliphatic rings. The van der Waals surface area contributed by atoms with E-state index in [9.17, 15) is 4.79 Å². The number of hydrogen-bond acceptors (Lipinski definition) is 4. The number of esters is 1. The lowest BCUT2D eigenvalue weighted by Crippen LogP contribution is -2.18. The van der Waals surface area contributed by atoms with Gasteiger partial charge in [0.1, 0.15) is 5.56 Å². The summed E-state index contributed by atoms with van der Waals surface area (Å²) < 4.78 is 6.39. The molecule has 0 aliphatic carbocycles. The molecule has 19 heavy (non-hydrogen) atoms. The first-order valence-corrected chi connectivity index (χ1v) is 5.99. The Kier molecular flexibility index (Phi) is 3.85. The summed E-state index contributed by atoms with van der Waals surface area (Å²) in [6, 6.07) is 9.95. The number of para-hydroxylation sites is 1. The lowest BCUT2D eigenvalue weighted by Gasteiger charge is -2.18. The number of aromatic nitrogens is 2. The molecule has 0 aliphatic heterocycles. The summed E-state index contributed by atoms with van der Waals surface area (Å²) in [5, 5.41) is 4.32. The maximum atomic E-state index is 11.7. The minimum absolute atomic E-state index is 0.357. The predicted octanol–water partition coefficient (Wildman–Crippen LogP) is 1.84. The standard InChI is InChI=1S/C14H17N3O2/c1-16(11-7-5-4-6-8-11)10-13-12(14(18)19-3)9-17(2)15-13/h4-9H,10H2,1-3H3. The topological polar surface area (TPSA) is 47.4 Å². The molecule has 2 rings (SSSR count). The summed E-state index contributed by atoms with van der Waals surface area (Å²) in [5.41, 5.74) is 2.29. The number of rotatable bonds is 4. The van der Waals surface area contributed by atoms with Gasteiger partial charge in [0.25, 0.3) is 0 Å². The van der Waals surface area contributed by atoms with Gasteiger partial charge in [-0.25, -0.2) is 4.79 Å². The van der Waals surface area contributed by atoms with Crippen LogP contribution in [-0.4, -0.2) is 29.9 Å². The van der Waals surface area contributed by atoms with E-state index in [1.807, 2.05) is 42.3 Å². The largest absolute Gasteiger partial charge is 0.465 e. The minimum atomic E-state index is -0.357. The molecule has 100 valence electrons. The van der Waals surface area contributed by atoms with Crippen LogP contribution in [0.3, 0.4) is 0 Å². The Bertz CT molecular complexity index is 563. The van der Waals surface area contributed by atoms with Crippen molar-refractivity contribution >= 4 is 11.7 Å². The van der Waals surface area contributed by atoms with Crippen LogP contribution in [0.15, 0.2) is 36.5 Å². The van der Waals surface area contributed by atoms with E-state index in [-0.39, 0.29) is 5.97 Å². The average Bonchev–Trinajstić information content (AvgIpc) is 2.79. The molecule has 1 aromatic carbocycles. The molecule has 0 atom stereocenters. The van der Waals surface area contributed by atoms with Crippen LogP contribution >= 0.6 is 0 Å². The maximum Gasteiger partial charge on any atom is 0.341 e. The van der Waals surface area contributed by atoms with Gasteiger partial charge in [-0.2, -0.15) is 5.10 Å². The van der Waals surface area contributed by atoms with E-state index in [1.54, 1.807) is 17.9 Å². The molecule has 0 fully saturated rings. The van der Waals surface area contributed by atoms with Crippen molar-refractivity contribution in [2.75, 3.05) is 19.1 Å². The Morgan fingerprint density at radius 1 is 1.37 bits per heavy atom. The minimum Gasteiger partial charge on any atom is -0.465 e. The van der Waals surface area contributed by atoms with Crippen LogP contribution in [0, 0.1) is 0 Å². The van der Waals surface area contributed by atoms with Crippen molar-refractivity contribution in [1.29, 1.82) is 0 Å². The van der Waals surface area contributed by atoms with Gasteiger partial charge in [0.15, 0.2) is 0 Å². The Balaban J connectivity index is 2.22. The van der Waals surface area contributed by atoms with Crippen molar-refractivity contribution in [3.8, 4) is 0 Å². The van der Waals surface area contributed by atoms with Crippen LogP contribution in [0.1, 0.15) is 16.1 Å². The Morgan fingerprint density at radius 3 is 2.68 bits per heavy atom. The first kappa shape index (κ1) is 13.1. The molecular weight excluding hydrogens is 242 g/mol. The van der Waals surface area contributed by atoms with Crippen LogP contribution in [0.4, 0.5) is 5.69 Å². The first-order chi connectivity index (χ1) is 9.11. The number of aryl methyl sites for hydroxylation is 1. The Hall–Kier alpha value is -2.30.